The molecule has 4 nitrogen and oxygen atoms in total. The molecule has 0 bridgehead atoms. The lowest BCUT2D eigenvalue weighted by atomic mass is 10.1. The number of nitrogens with one attached hydrogen (secondary N) is 1. The summed E-state index contributed by atoms with van der Waals surface area (Å²) in [5.41, 5.74) is 0.884. The maximum Gasteiger partial charge on any atom is 0.269 e. The van der Waals surface area contributed by atoms with E-state index in [1.54, 1.807) is 19.2 Å². The summed E-state index contributed by atoms with van der Waals surface area (Å²) in [6, 6.07) is 3.19. The Morgan fingerprint density at radius 2 is 2.13 bits per heavy atom. The average molecular weight is 206 g/mol. The van der Waals surface area contributed by atoms with Crippen molar-refractivity contribution in [2.45, 2.75) is 19.8 Å². The molecule has 1 amide bonds. The van der Waals surface area contributed by atoms with Gasteiger partial charge < -0.3 is 5.32 Å². The Morgan fingerprint density at radius 3 is 2.60 bits per heavy atom. The summed E-state index contributed by atoms with van der Waals surface area (Å²) in [4.78, 5) is 26.5. The molecule has 0 saturated heterocycles. The van der Waals surface area contributed by atoms with E-state index in [1.165, 1.54) is 6.20 Å². The predicted octanol–water partition coefficient (Wildman–Crippen LogP) is 1.42. The van der Waals surface area contributed by atoms with E-state index in [1.807, 2.05) is 6.92 Å². The van der Waals surface area contributed by atoms with Gasteiger partial charge in [0.2, 0.25) is 0 Å². The van der Waals surface area contributed by atoms with E-state index in [-0.39, 0.29) is 11.7 Å². The zero-order valence-corrected chi connectivity index (χ0v) is 8.91. The van der Waals surface area contributed by atoms with Crippen LogP contribution in [0.3, 0.4) is 0 Å². The number of Topliss-reactive ketones (excluding diaryl/α,β-unsaturated/α-hetero) is 1. The van der Waals surface area contributed by atoms with E-state index in [2.05, 4.69) is 10.3 Å². The number of amides is 1. The van der Waals surface area contributed by atoms with Gasteiger partial charge in [-0.25, -0.2) is 0 Å². The van der Waals surface area contributed by atoms with E-state index in [0.29, 0.717) is 17.7 Å². The second-order valence-corrected chi connectivity index (χ2v) is 3.18. The average Bonchev–Trinajstić information content (AvgIpc) is 2.28. The highest BCUT2D eigenvalue weighted by atomic mass is 16.1. The monoisotopic (exact) mass is 206 g/mol. The van der Waals surface area contributed by atoms with Gasteiger partial charge in [-0.05, 0) is 18.6 Å². The molecule has 0 saturated carbocycles. The third-order valence-corrected chi connectivity index (χ3v) is 2.02. The third kappa shape index (κ3) is 2.87. The Kier molecular flexibility index (Phi) is 3.97. The van der Waals surface area contributed by atoms with Crippen molar-refractivity contribution >= 4 is 11.7 Å². The van der Waals surface area contributed by atoms with Gasteiger partial charge in [-0.15, -0.1) is 0 Å². The minimum absolute atomic E-state index is 0.0634. The van der Waals surface area contributed by atoms with Gasteiger partial charge in [0.15, 0.2) is 5.78 Å². The summed E-state index contributed by atoms with van der Waals surface area (Å²) in [5, 5.41) is 2.47. The summed E-state index contributed by atoms with van der Waals surface area (Å²) < 4.78 is 0. The van der Waals surface area contributed by atoms with Crippen LogP contribution in [-0.2, 0) is 0 Å². The minimum Gasteiger partial charge on any atom is -0.354 e. The van der Waals surface area contributed by atoms with E-state index in [0.717, 1.165) is 6.42 Å². The molecule has 1 aromatic heterocycles. The van der Waals surface area contributed by atoms with Crippen LogP contribution in [0.2, 0.25) is 0 Å². The molecule has 0 aliphatic heterocycles. The SMILES string of the molecule is CCCC(=O)c1ccc(C(=O)NC)nc1. The van der Waals surface area contributed by atoms with Crippen LogP contribution in [0.1, 0.15) is 40.6 Å². The fourth-order valence-electron chi connectivity index (χ4n) is 1.19. The fourth-order valence-corrected chi connectivity index (χ4v) is 1.19. The molecule has 1 aromatic rings. The lowest BCUT2D eigenvalue weighted by Crippen LogP contribution is -2.19. The summed E-state index contributed by atoms with van der Waals surface area (Å²) in [5.74, 6) is -0.182. The molecule has 0 radical (unpaired) electrons. The van der Waals surface area contributed by atoms with Crippen LogP contribution in [-0.4, -0.2) is 23.7 Å². The predicted molar refractivity (Wildman–Crippen MR) is 56.9 cm³/mol. The van der Waals surface area contributed by atoms with Crippen molar-refractivity contribution in [3.8, 4) is 0 Å². The number of carbonyl (C=O) groups is 2. The Balaban J connectivity index is 2.80. The Labute approximate surface area is 88.7 Å². The van der Waals surface area contributed by atoms with Gasteiger partial charge in [0.1, 0.15) is 5.69 Å². The highest BCUT2D eigenvalue weighted by Crippen LogP contribution is 2.05. The standard InChI is InChI=1S/C11H14N2O2/c1-3-4-10(14)8-5-6-9(13-7-8)11(15)12-2/h5-7H,3-4H2,1-2H3,(H,12,15). The molecule has 1 rings (SSSR count). The summed E-state index contributed by atoms with van der Waals surface area (Å²) in [6.07, 6.45) is 2.78. The summed E-state index contributed by atoms with van der Waals surface area (Å²) >= 11 is 0. The minimum atomic E-state index is -0.246. The zero-order chi connectivity index (χ0) is 11.3. The third-order valence-electron chi connectivity index (χ3n) is 2.02. The van der Waals surface area contributed by atoms with Crippen LogP contribution in [0.25, 0.3) is 0 Å². The quantitative estimate of drug-likeness (QED) is 0.758. The first-order valence-corrected chi connectivity index (χ1v) is 4.90. The molecule has 80 valence electrons. The van der Waals surface area contributed by atoms with Gasteiger partial charge in [-0.1, -0.05) is 6.92 Å². The topological polar surface area (TPSA) is 59.1 Å². The van der Waals surface area contributed by atoms with Crippen molar-refractivity contribution < 1.29 is 9.59 Å². The van der Waals surface area contributed by atoms with E-state index < -0.39 is 0 Å². The number of pyridine rings is 1. The Morgan fingerprint density at radius 1 is 1.40 bits per heavy atom. The maximum atomic E-state index is 11.5. The number of ketones is 1. The molecule has 1 N–H and O–H groups in total. The van der Waals surface area contributed by atoms with Crippen molar-refractivity contribution in [2.75, 3.05) is 7.05 Å². The molecule has 1 heterocycles. The van der Waals surface area contributed by atoms with Crippen LogP contribution in [0.15, 0.2) is 18.3 Å². The first-order valence-electron chi connectivity index (χ1n) is 4.90. The lowest BCUT2D eigenvalue weighted by molar-refractivity contribution is 0.0952. The highest BCUT2D eigenvalue weighted by Gasteiger charge is 2.07. The molecule has 0 spiro atoms. The molecule has 15 heavy (non-hydrogen) atoms. The second kappa shape index (κ2) is 5.24. The van der Waals surface area contributed by atoms with Crippen LogP contribution in [0.4, 0.5) is 0 Å². The number of hydrogen-bond donors (Lipinski definition) is 1. The maximum absolute atomic E-state index is 11.5. The number of aromatic nitrogens is 1. The first-order chi connectivity index (χ1) is 7.19. The first kappa shape index (κ1) is 11.4. The molecule has 4 heteroatoms. The largest absolute Gasteiger partial charge is 0.354 e. The normalized spacial score (nSPS) is 9.73. The molecule has 0 unspecified atom stereocenters. The molecular weight excluding hydrogens is 192 g/mol. The molecular formula is C11H14N2O2. The number of nitrogens with zero attached hydrogens (tertiary/aromatic N) is 1. The van der Waals surface area contributed by atoms with E-state index in [4.69, 9.17) is 0 Å². The molecule has 0 fully saturated rings. The van der Waals surface area contributed by atoms with Crippen LogP contribution in [0, 0.1) is 0 Å². The van der Waals surface area contributed by atoms with Crippen molar-refractivity contribution in [3.05, 3.63) is 29.6 Å². The second-order valence-electron chi connectivity index (χ2n) is 3.18. The van der Waals surface area contributed by atoms with Crippen molar-refractivity contribution in [2.24, 2.45) is 0 Å². The van der Waals surface area contributed by atoms with Crippen LogP contribution in [0.5, 0.6) is 0 Å². The van der Waals surface area contributed by atoms with Crippen molar-refractivity contribution in [1.82, 2.24) is 10.3 Å². The van der Waals surface area contributed by atoms with Gasteiger partial charge in [-0.2, -0.15) is 0 Å². The number of hydrogen-bond acceptors (Lipinski definition) is 3. The van der Waals surface area contributed by atoms with Gasteiger partial charge in [0.05, 0.1) is 0 Å². The van der Waals surface area contributed by atoms with Gasteiger partial charge in [0, 0.05) is 25.2 Å². The summed E-state index contributed by atoms with van der Waals surface area (Å²) in [6.45, 7) is 1.95. The van der Waals surface area contributed by atoms with E-state index in [9.17, 15) is 9.59 Å². The van der Waals surface area contributed by atoms with Crippen molar-refractivity contribution in [1.29, 1.82) is 0 Å². The van der Waals surface area contributed by atoms with Gasteiger partial charge in [0.25, 0.3) is 5.91 Å². The Hall–Kier alpha value is -1.71. The van der Waals surface area contributed by atoms with Crippen LogP contribution < -0.4 is 5.32 Å². The molecule has 0 atom stereocenters. The van der Waals surface area contributed by atoms with Gasteiger partial charge in [-0.3, -0.25) is 14.6 Å². The molecule has 0 aromatic carbocycles. The lowest BCUT2D eigenvalue weighted by Gasteiger charge is -2.01. The molecule has 0 aliphatic rings. The van der Waals surface area contributed by atoms with Gasteiger partial charge >= 0.3 is 0 Å². The Bertz CT molecular complexity index is 357. The smallest absolute Gasteiger partial charge is 0.269 e. The fraction of sp³-hybridized carbons (Fsp3) is 0.364. The number of rotatable bonds is 4. The van der Waals surface area contributed by atoms with E-state index >= 15 is 0 Å². The number of carbonyl (C=O) groups excluding carboxylic acids is 2. The van der Waals surface area contributed by atoms with Crippen LogP contribution >= 0.6 is 0 Å². The zero-order valence-electron chi connectivity index (χ0n) is 8.91. The summed E-state index contributed by atoms with van der Waals surface area (Å²) in [7, 11) is 1.54. The molecule has 0 aliphatic carbocycles. The van der Waals surface area contributed by atoms with Crippen molar-refractivity contribution in [3.63, 3.8) is 0 Å². The highest BCUT2D eigenvalue weighted by molar-refractivity contribution is 5.97.